The fourth-order valence-electron chi connectivity index (χ4n) is 2.97. The van der Waals surface area contributed by atoms with E-state index in [0.717, 1.165) is 36.1 Å². The zero-order chi connectivity index (χ0) is 13.0. The average Bonchev–Trinajstić information content (AvgIpc) is 2.36. The van der Waals surface area contributed by atoms with E-state index in [9.17, 15) is 4.79 Å². The number of ketones is 1. The molecule has 1 aromatic carbocycles. The number of hydrogen-bond acceptors (Lipinski definition) is 1. The van der Waals surface area contributed by atoms with Gasteiger partial charge in [0.15, 0.2) is 0 Å². The highest BCUT2D eigenvalue weighted by Crippen LogP contribution is 2.31. The van der Waals surface area contributed by atoms with Crippen LogP contribution in [0.5, 0.6) is 0 Å². The second kappa shape index (κ2) is 6.51. The summed E-state index contributed by atoms with van der Waals surface area (Å²) >= 11 is 3.45. The molecule has 1 aliphatic rings. The Labute approximate surface area is 118 Å². The molecule has 0 bridgehead atoms. The molecule has 0 heterocycles. The lowest BCUT2D eigenvalue weighted by Gasteiger charge is -2.28. The van der Waals surface area contributed by atoms with Crippen molar-refractivity contribution >= 4 is 21.7 Å². The Balaban J connectivity index is 1.98. The molecule has 0 aromatic heterocycles. The van der Waals surface area contributed by atoms with Gasteiger partial charge in [-0.15, -0.1) is 0 Å². The third-order valence-electron chi connectivity index (χ3n) is 3.96. The third-order valence-corrected chi connectivity index (χ3v) is 4.49. The molecule has 2 rings (SSSR count). The Morgan fingerprint density at radius 2 is 2.00 bits per heavy atom. The maximum atomic E-state index is 12.0. The van der Waals surface area contributed by atoms with E-state index >= 15 is 0 Å². The first-order valence-electron chi connectivity index (χ1n) is 6.96. The minimum atomic E-state index is 0.261. The van der Waals surface area contributed by atoms with Crippen LogP contribution in [0.3, 0.4) is 0 Å². The molecule has 0 amide bonds. The van der Waals surface area contributed by atoms with Gasteiger partial charge in [0.25, 0.3) is 0 Å². The van der Waals surface area contributed by atoms with Crippen molar-refractivity contribution in [1.82, 2.24) is 0 Å². The summed E-state index contributed by atoms with van der Waals surface area (Å²) in [5, 5.41) is 0. The molecule has 98 valence electrons. The van der Waals surface area contributed by atoms with Gasteiger partial charge in [-0.3, -0.25) is 4.79 Å². The molecule has 0 saturated heterocycles. The van der Waals surface area contributed by atoms with Gasteiger partial charge < -0.3 is 0 Å². The first kappa shape index (κ1) is 13.8. The number of Topliss-reactive ketones (excluding diaryl/α,β-unsaturated/α-hetero) is 1. The SMILES string of the molecule is CCCC1CCC(=O)C(Cc2ccc(Br)cc2)C1. The van der Waals surface area contributed by atoms with Crippen molar-refractivity contribution in [3.8, 4) is 0 Å². The lowest BCUT2D eigenvalue weighted by atomic mass is 9.76. The maximum Gasteiger partial charge on any atom is 0.136 e. The molecule has 1 saturated carbocycles. The van der Waals surface area contributed by atoms with Gasteiger partial charge in [0.05, 0.1) is 0 Å². The van der Waals surface area contributed by atoms with Gasteiger partial charge in [0.2, 0.25) is 0 Å². The van der Waals surface area contributed by atoms with Crippen molar-refractivity contribution in [2.24, 2.45) is 11.8 Å². The summed E-state index contributed by atoms with van der Waals surface area (Å²) in [6.07, 6.45) is 6.46. The highest BCUT2D eigenvalue weighted by Gasteiger charge is 2.28. The molecule has 1 nitrogen and oxygen atoms in total. The number of carbonyl (C=O) groups is 1. The predicted molar refractivity (Wildman–Crippen MR) is 78.6 cm³/mol. The Hall–Kier alpha value is -0.630. The Morgan fingerprint density at radius 1 is 1.28 bits per heavy atom. The number of benzene rings is 1. The molecule has 18 heavy (non-hydrogen) atoms. The zero-order valence-electron chi connectivity index (χ0n) is 11.0. The van der Waals surface area contributed by atoms with E-state index in [4.69, 9.17) is 0 Å². The van der Waals surface area contributed by atoms with Crippen molar-refractivity contribution in [3.63, 3.8) is 0 Å². The van der Waals surface area contributed by atoms with E-state index in [0.29, 0.717) is 5.78 Å². The second-order valence-electron chi connectivity index (χ2n) is 5.42. The normalized spacial score (nSPS) is 24.2. The standard InChI is InChI=1S/C16H21BrO/c1-2-3-12-6-9-16(18)14(10-12)11-13-4-7-15(17)8-5-13/h4-5,7-8,12,14H,2-3,6,9-11H2,1H3. The fraction of sp³-hybridized carbons (Fsp3) is 0.562. The summed E-state index contributed by atoms with van der Waals surface area (Å²) in [5.74, 6) is 1.51. The first-order valence-corrected chi connectivity index (χ1v) is 7.75. The smallest absolute Gasteiger partial charge is 0.136 e. The summed E-state index contributed by atoms with van der Waals surface area (Å²) in [6, 6.07) is 8.37. The van der Waals surface area contributed by atoms with Crippen LogP contribution in [0, 0.1) is 11.8 Å². The van der Waals surface area contributed by atoms with Crippen molar-refractivity contribution in [2.45, 2.75) is 45.4 Å². The quantitative estimate of drug-likeness (QED) is 0.782. The highest BCUT2D eigenvalue weighted by atomic mass is 79.9. The van der Waals surface area contributed by atoms with Gasteiger partial charge in [0, 0.05) is 16.8 Å². The average molecular weight is 309 g/mol. The Morgan fingerprint density at radius 3 is 2.67 bits per heavy atom. The van der Waals surface area contributed by atoms with Crippen LogP contribution in [0.1, 0.15) is 44.6 Å². The van der Waals surface area contributed by atoms with E-state index in [1.807, 2.05) is 0 Å². The molecule has 2 heteroatoms. The molecule has 2 atom stereocenters. The highest BCUT2D eigenvalue weighted by molar-refractivity contribution is 9.10. The van der Waals surface area contributed by atoms with Crippen LogP contribution in [0.15, 0.2) is 28.7 Å². The van der Waals surface area contributed by atoms with E-state index < -0.39 is 0 Å². The Bertz CT molecular complexity index is 396. The molecule has 1 aliphatic carbocycles. The number of hydrogen-bond donors (Lipinski definition) is 0. The van der Waals surface area contributed by atoms with E-state index in [1.54, 1.807) is 0 Å². The fourth-order valence-corrected chi connectivity index (χ4v) is 3.24. The Kier molecular flexibility index (Phi) is 4.99. The summed E-state index contributed by atoms with van der Waals surface area (Å²) in [4.78, 5) is 12.0. The molecule has 0 N–H and O–H groups in total. The van der Waals surface area contributed by atoms with E-state index in [1.165, 1.54) is 18.4 Å². The van der Waals surface area contributed by atoms with Crippen molar-refractivity contribution < 1.29 is 4.79 Å². The summed E-state index contributed by atoms with van der Waals surface area (Å²) in [7, 11) is 0. The van der Waals surface area contributed by atoms with Crippen LogP contribution in [-0.2, 0) is 11.2 Å². The maximum absolute atomic E-state index is 12.0. The minimum absolute atomic E-state index is 0.261. The van der Waals surface area contributed by atoms with Gasteiger partial charge in [0.1, 0.15) is 5.78 Å². The van der Waals surface area contributed by atoms with Crippen LogP contribution in [0.4, 0.5) is 0 Å². The molecular formula is C16H21BrO. The van der Waals surface area contributed by atoms with E-state index in [-0.39, 0.29) is 5.92 Å². The van der Waals surface area contributed by atoms with Gasteiger partial charge in [-0.1, -0.05) is 47.8 Å². The molecule has 1 fully saturated rings. The number of halogens is 1. The number of carbonyl (C=O) groups excluding carboxylic acids is 1. The van der Waals surface area contributed by atoms with Crippen molar-refractivity contribution in [1.29, 1.82) is 0 Å². The van der Waals surface area contributed by atoms with Crippen LogP contribution < -0.4 is 0 Å². The molecule has 0 aliphatic heterocycles. The summed E-state index contributed by atoms with van der Waals surface area (Å²) in [6.45, 7) is 2.24. The topological polar surface area (TPSA) is 17.1 Å². The predicted octanol–water partition coefficient (Wildman–Crippen LogP) is 4.78. The van der Waals surface area contributed by atoms with Gasteiger partial charge in [-0.25, -0.2) is 0 Å². The number of rotatable bonds is 4. The minimum Gasteiger partial charge on any atom is -0.299 e. The zero-order valence-corrected chi connectivity index (χ0v) is 12.6. The third kappa shape index (κ3) is 3.68. The molecule has 2 unspecified atom stereocenters. The lowest BCUT2D eigenvalue weighted by molar-refractivity contribution is -0.125. The van der Waals surface area contributed by atoms with Crippen molar-refractivity contribution in [3.05, 3.63) is 34.3 Å². The lowest BCUT2D eigenvalue weighted by Crippen LogP contribution is -2.26. The van der Waals surface area contributed by atoms with Crippen LogP contribution in [0.2, 0.25) is 0 Å². The first-order chi connectivity index (χ1) is 8.69. The van der Waals surface area contributed by atoms with Crippen LogP contribution in [-0.4, -0.2) is 5.78 Å². The van der Waals surface area contributed by atoms with Gasteiger partial charge in [-0.05, 0) is 42.9 Å². The summed E-state index contributed by atoms with van der Waals surface area (Å²) < 4.78 is 1.10. The summed E-state index contributed by atoms with van der Waals surface area (Å²) in [5.41, 5.74) is 1.29. The monoisotopic (exact) mass is 308 g/mol. The van der Waals surface area contributed by atoms with Crippen LogP contribution >= 0.6 is 15.9 Å². The molecule has 1 aromatic rings. The van der Waals surface area contributed by atoms with Crippen molar-refractivity contribution in [2.75, 3.05) is 0 Å². The molecule has 0 radical (unpaired) electrons. The second-order valence-corrected chi connectivity index (χ2v) is 6.34. The molecular weight excluding hydrogens is 288 g/mol. The van der Waals surface area contributed by atoms with Crippen LogP contribution in [0.25, 0.3) is 0 Å². The van der Waals surface area contributed by atoms with Gasteiger partial charge in [-0.2, -0.15) is 0 Å². The largest absolute Gasteiger partial charge is 0.299 e. The molecule has 0 spiro atoms. The van der Waals surface area contributed by atoms with E-state index in [2.05, 4.69) is 47.1 Å². The van der Waals surface area contributed by atoms with Gasteiger partial charge >= 0.3 is 0 Å².